The molecule has 7 saturated heterocycles. The number of hydrogen-bond donors (Lipinski definition) is 22. The van der Waals surface area contributed by atoms with Gasteiger partial charge in [0.25, 0.3) is 0 Å². The van der Waals surface area contributed by atoms with Crippen LogP contribution in [0.4, 0.5) is 0 Å². The average molecular weight is 1320 g/mol. The van der Waals surface area contributed by atoms with Gasteiger partial charge in [-0.05, 0) is 6.92 Å². The van der Waals surface area contributed by atoms with Crippen LogP contribution in [0.2, 0.25) is 0 Å². The van der Waals surface area contributed by atoms with Crippen molar-refractivity contribution in [2.75, 3.05) is 46.2 Å². The molecule has 0 spiro atoms. The molecule has 4 amide bonds. The Morgan fingerprint density at radius 1 is 0.300 bits per heavy atom. The lowest BCUT2D eigenvalue weighted by atomic mass is 9.92. The Morgan fingerprint density at radius 3 is 1.02 bits per heavy atom. The van der Waals surface area contributed by atoms with Gasteiger partial charge in [-0.15, -0.1) is 0 Å². The van der Waals surface area contributed by atoms with Crippen molar-refractivity contribution in [2.45, 2.75) is 249 Å². The van der Waals surface area contributed by atoms with Crippen LogP contribution in [0.1, 0.15) is 34.6 Å². The summed E-state index contributed by atoms with van der Waals surface area (Å²) < 4.78 is 77.4. The third-order valence-corrected chi connectivity index (χ3v) is 16.4. The summed E-state index contributed by atoms with van der Waals surface area (Å²) in [4.78, 5) is 49.7. The molecule has 90 heavy (non-hydrogen) atoms. The number of amides is 4. The largest absolute Gasteiger partial charge is 0.394 e. The Kier molecular flexibility index (Phi) is 26.6. The Morgan fingerprint density at radius 2 is 0.600 bits per heavy atom. The van der Waals surface area contributed by atoms with E-state index < -0.39 is 284 Å². The fourth-order valence-corrected chi connectivity index (χ4v) is 11.7. The second kappa shape index (κ2) is 32.4. The van der Waals surface area contributed by atoms with Crippen molar-refractivity contribution in [2.24, 2.45) is 0 Å². The predicted octanol–water partition coefficient (Wildman–Crippen LogP) is -14.6. The summed E-state index contributed by atoms with van der Waals surface area (Å²) >= 11 is 0. The summed E-state index contributed by atoms with van der Waals surface area (Å²) in [5, 5.41) is 209. The van der Waals surface area contributed by atoms with Gasteiger partial charge >= 0.3 is 0 Å². The van der Waals surface area contributed by atoms with Gasteiger partial charge in [-0.25, -0.2) is 0 Å². The van der Waals surface area contributed by atoms with Crippen molar-refractivity contribution >= 4 is 23.6 Å². The first-order valence-electron chi connectivity index (χ1n) is 28.9. The number of hydrogen-bond acceptors (Lipinski definition) is 35. The van der Waals surface area contributed by atoms with Gasteiger partial charge in [-0.1, -0.05) is 0 Å². The van der Waals surface area contributed by atoms with Crippen molar-refractivity contribution < 1.29 is 173 Å². The maximum Gasteiger partial charge on any atom is 0.217 e. The van der Waals surface area contributed by atoms with Crippen LogP contribution >= 0.6 is 0 Å². The fraction of sp³-hybridized carbons (Fsp3) is 0.922. The summed E-state index contributed by atoms with van der Waals surface area (Å²) in [5.74, 6) is -3.06. The van der Waals surface area contributed by atoms with Gasteiger partial charge in [-0.2, -0.15) is 0 Å². The smallest absolute Gasteiger partial charge is 0.217 e. The quantitative estimate of drug-likeness (QED) is 0.0452. The Balaban J connectivity index is 1.25. The molecule has 0 saturated carbocycles. The van der Waals surface area contributed by atoms with Gasteiger partial charge in [0.1, 0.15) is 165 Å². The van der Waals surface area contributed by atoms with Gasteiger partial charge in [0.05, 0.1) is 58.4 Å². The number of carbonyl (C=O) groups is 4. The molecule has 7 aliphatic rings. The maximum absolute atomic E-state index is 12.8. The minimum absolute atomic E-state index is 0.591. The Bertz CT molecular complexity index is 2310. The number of aliphatic hydroxyl groups is 18. The third-order valence-electron chi connectivity index (χ3n) is 16.4. The second-order valence-corrected chi connectivity index (χ2v) is 22.9. The van der Waals surface area contributed by atoms with Gasteiger partial charge in [0.15, 0.2) is 37.7 Å². The van der Waals surface area contributed by atoms with E-state index in [4.69, 9.17) is 61.6 Å². The topological polar surface area (TPSA) is 601 Å². The summed E-state index contributed by atoms with van der Waals surface area (Å²) in [6, 6.07) is -6.32. The van der Waals surface area contributed by atoms with E-state index in [-0.39, 0.29) is 0 Å². The van der Waals surface area contributed by atoms with Crippen molar-refractivity contribution in [3.8, 4) is 0 Å². The highest BCUT2D eigenvalue weighted by Gasteiger charge is 2.59. The number of aliphatic hydroxyl groups excluding tert-OH is 18. The molecule has 0 aliphatic carbocycles. The molecule has 520 valence electrons. The molecule has 7 fully saturated rings. The van der Waals surface area contributed by atoms with Gasteiger partial charge in [0, 0.05) is 27.7 Å². The van der Waals surface area contributed by atoms with Crippen LogP contribution in [0.15, 0.2) is 0 Å². The minimum Gasteiger partial charge on any atom is -0.394 e. The van der Waals surface area contributed by atoms with E-state index in [1.807, 2.05) is 0 Å². The average Bonchev–Trinajstić information content (AvgIpc) is 2.89. The van der Waals surface area contributed by atoms with Crippen molar-refractivity contribution in [3.05, 3.63) is 0 Å². The molecule has 7 heterocycles. The van der Waals surface area contributed by atoms with E-state index >= 15 is 0 Å². The molecule has 14 unspecified atom stereocenters. The summed E-state index contributed by atoms with van der Waals surface area (Å²) in [7, 11) is 0. The molecule has 0 radical (unpaired) electrons. The van der Waals surface area contributed by atoms with Crippen molar-refractivity contribution in [1.82, 2.24) is 21.3 Å². The van der Waals surface area contributed by atoms with E-state index in [1.54, 1.807) is 0 Å². The highest BCUT2D eigenvalue weighted by atomic mass is 16.8. The molecule has 7 rings (SSSR count). The lowest BCUT2D eigenvalue weighted by Gasteiger charge is -2.51. The summed E-state index contributed by atoms with van der Waals surface area (Å²) in [5.41, 5.74) is 0. The summed E-state index contributed by atoms with van der Waals surface area (Å²) in [6.45, 7) is -1.24. The number of nitrogens with one attached hydrogen (secondary N) is 4. The van der Waals surface area contributed by atoms with Gasteiger partial charge in [-0.3, -0.25) is 19.2 Å². The highest BCUT2D eigenvalue weighted by Crippen LogP contribution is 2.38. The molecular weight excluding hydrogens is 1230 g/mol. The number of rotatable bonds is 23. The van der Waals surface area contributed by atoms with Crippen LogP contribution in [0, 0.1) is 0 Å². The molecular formula is C51H86N4O35. The molecule has 0 aromatic rings. The highest BCUT2D eigenvalue weighted by molar-refractivity contribution is 5.74. The zero-order chi connectivity index (χ0) is 66.5. The van der Waals surface area contributed by atoms with Crippen LogP contribution in [-0.4, -0.2) is 376 Å². The molecule has 39 heteroatoms. The van der Waals surface area contributed by atoms with E-state index in [0.29, 0.717) is 0 Å². The van der Waals surface area contributed by atoms with E-state index in [1.165, 1.54) is 6.92 Å². The first-order chi connectivity index (χ1) is 42.5. The number of carbonyl (C=O) groups excluding carboxylic acids is 4. The van der Waals surface area contributed by atoms with Crippen LogP contribution < -0.4 is 21.3 Å². The SMILES string of the molecule is CC(=O)NC1C(O)[C@H](O)[C@H](CO)O[C@H]1O[C@@H]1C(O)[C@H](O)C(CO)O[C@@H]1OCC1O[C@@H](O[C@@H]2C(CO)O[C@@H](O[C@@H]3C(CO)O[C@@H](C)C(NC(C)=O)[C@H]3O)C(NC(C)=O)[C@H]2O)[C@H](O)C(O[C@H]2O[C@H](CO)[C@@H](O)C(O)C2O[C@@H]2OC(CO)[C@@H](O)C(O)[C@@H]2NC(C)=O)[C@@H]1O. The number of ether oxygens (including phenoxy) is 13. The zero-order valence-electron chi connectivity index (χ0n) is 49.1. The molecule has 0 aromatic heterocycles. The fourth-order valence-electron chi connectivity index (χ4n) is 11.7. The lowest BCUT2D eigenvalue weighted by molar-refractivity contribution is -0.395. The summed E-state index contributed by atoms with van der Waals surface area (Å²) in [6.07, 6.45) is -59.7. The monoisotopic (exact) mass is 1310 g/mol. The van der Waals surface area contributed by atoms with Gasteiger partial charge in [0.2, 0.25) is 23.6 Å². The van der Waals surface area contributed by atoms with Crippen molar-refractivity contribution in [1.29, 1.82) is 0 Å². The first kappa shape index (κ1) is 74.0. The van der Waals surface area contributed by atoms with Crippen molar-refractivity contribution in [3.63, 3.8) is 0 Å². The van der Waals surface area contributed by atoms with E-state index in [2.05, 4.69) is 21.3 Å². The van der Waals surface area contributed by atoms with E-state index in [9.17, 15) is 111 Å². The molecule has 35 atom stereocenters. The molecule has 7 aliphatic heterocycles. The van der Waals surface area contributed by atoms with Crippen LogP contribution in [-0.2, 0) is 80.8 Å². The van der Waals surface area contributed by atoms with Crippen LogP contribution in [0.25, 0.3) is 0 Å². The Hall–Kier alpha value is -3.36. The minimum atomic E-state index is -2.42. The van der Waals surface area contributed by atoms with Crippen LogP contribution in [0.3, 0.4) is 0 Å². The zero-order valence-corrected chi connectivity index (χ0v) is 49.1. The first-order valence-corrected chi connectivity index (χ1v) is 28.9. The molecule has 0 aromatic carbocycles. The van der Waals surface area contributed by atoms with E-state index in [0.717, 1.165) is 27.7 Å². The lowest BCUT2D eigenvalue weighted by Crippen LogP contribution is -2.70. The third kappa shape index (κ3) is 16.5. The maximum atomic E-state index is 12.8. The predicted molar refractivity (Wildman–Crippen MR) is 282 cm³/mol. The molecule has 0 bridgehead atoms. The second-order valence-electron chi connectivity index (χ2n) is 22.9. The Labute approximate surface area is 512 Å². The molecule has 39 nitrogen and oxygen atoms in total. The molecule has 22 N–H and O–H groups in total. The van der Waals surface area contributed by atoms with Gasteiger partial charge < -0.3 is 175 Å². The van der Waals surface area contributed by atoms with Crippen LogP contribution in [0.5, 0.6) is 0 Å². The standard InChI is InChI=1S/C51H86N4O35/c1-13-25(52-14(2)62)36(73)41(22(10-60)79-13)86-48-28(55-17(5)65)37(74)42(23(11-61)84-48)87-49-40(77)43(88-51-45(39(76)32(69)21(9-59)83-51)90-47-27(54-16(4)64)35(72)30(67)19(7-57)81-47)33(70)24(85-49)12-78-50-44(38(75)31(68)20(8-58)82-50)89-46-26(53-15(3)63)34(71)29(66)18(6-56)80-46/h13,18-51,56-61,66-77H,6-12H2,1-5H3,(H,52,62)(H,53,63)(H,54,64)(H,55,65)/t13-,18-,19?,20?,21+,22?,23?,24?,25?,26?,27-,28?,29+,30+,31+,32+,33+,34?,35?,36+,37+,38?,39?,40+,41+,42+,43?,44+,45?,46-,47-,48-,49-,50-,51+/m0/s1. The normalized spacial score (nSPS) is 47.6.